The lowest BCUT2D eigenvalue weighted by Gasteiger charge is -2.22. The van der Waals surface area contributed by atoms with Crippen LogP contribution in [-0.2, 0) is 6.54 Å². The lowest BCUT2D eigenvalue weighted by atomic mass is 10.00. The monoisotopic (exact) mass is 294 g/mol. The minimum atomic E-state index is -0.456. The van der Waals surface area contributed by atoms with Crippen LogP contribution < -0.4 is 21.9 Å². The molecule has 1 aliphatic carbocycles. The van der Waals surface area contributed by atoms with Crippen molar-refractivity contribution < 1.29 is 5.11 Å². The van der Waals surface area contributed by atoms with Gasteiger partial charge in [0.1, 0.15) is 11.5 Å². The summed E-state index contributed by atoms with van der Waals surface area (Å²) in [7, 11) is 0. The minimum Gasteiger partial charge on any atom is -0.393 e. The third-order valence-electron chi connectivity index (χ3n) is 4.80. The van der Waals surface area contributed by atoms with E-state index in [1.165, 1.54) is 4.57 Å². The average Bonchev–Trinajstić information content (AvgIpc) is 2.97. The maximum absolute atomic E-state index is 12.2. The second-order valence-electron chi connectivity index (χ2n) is 6.12. The molecule has 7 heteroatoms. The standard InChI is InChI=1S/C14H22N4O3/c1-2-5-18-12(15)11(13(20)16-14(18)21)17-6-8-3-4-10(19)9(8)7-17/h8-10,19H,2-7,15H2,1H3,(H,16,20,21). The maximum atomic E-state index is 12.2. The Balaban J connectivity index is 1.98. The molecule has 1 saturated carbocycles. The van der Waals surface area contributed by atoms with Crippen molar-refractivity contribution in [2.45, 2.75) is 38.8 Å². The van der Waals surface area contributed by atoms with Gasteiger partial charge in [-0.3, -0.25) is 14.3 Å². The van der Waals surface area contributed by atoms with Crippen LogP contribution in [0, 0.1) is 11.8 Å². The summed E-state index contributed by atoms with van der Waals surface area (Å²) in [5, 5.41) is 9.99. The molecule has 0 spiro atoms. The van der Waals surface area contributed by atoms with Crippen LogP contribution in [0.15, 0.2) is 9.59 Å². The van der Waals surface area contributed by atoms with E-state index in [0.29, 0.717) is 24.7 Å². The Morgan fingerprint density at radius 1 is 1.33 bits per heavy atom. The fourth-order valence-electron chi connectivity index (χ4n) is 3.75. The fourth-order valence-corrected chi connectivity index (χ4v) is 3.75. The van der Waals surface area contributed by atoms with Gasteiger partial charge in [0.05, 0.1) is 6.10 Å². The number of nitrogens with zero attached hydrogens (tertiary/aromatic N) is 2. The first kappa shape index (κ1) is 14.2. The number of aromatic nitrogens is 2. The summed E-state index contributed by atoms with van der Waals surface area (Å²) in [5.74, 6) is 0.848. The van der Waals surface area contributed by atoms with E-state index in [4.69, 9.17) is 5.73 Å². The molecule has 0 bridgehead atoms. The number of hydrogen-bond donors (Lipinski definition) is 3. The van der Waals surface area contributed by atoms with Gasteiger partial charge in [0.15, 0.2) is 0 Å². The third-order valence-corrected chi connectivity index (χ3v) is 4.80. The van der Waals surface area contributed by atoms with E-state index in [0.717, 1.165) is 25.8 Å². The molecular weight excluding hydrogens is 272 g/mol. The number of nitrogens with two attached hydrogens (primary N) is 1. The summed E-state index contributed by atoms with van der Waals surface area (Å²) >= 11 is 0. The zero-order valence-corrected chi connectivity index (χ0v) is 12.2. The quantitative estimate of drug-likeness (QED) is 0.712. The number of aliphatic hydroxyl groups excluding tert-OH is 1. The zero-order chi connectivity index (χ0) is 15.1. The van der Waals surface area contributed by atoms with Crippen molar-refractivity contribution in [2.75, 3.05) is 23.7 Å². The molecule has 3 unspecified atom stereocenters. The van der Waals surface area contributed by atoms with Gasteiger partial charge in [-0.2, -0.15) is 0 Å². The largest absolute Gasteiger partial charge is 0.393 e. The molecule has 1 saturated heterocycles. The first-order valence-corrected chi connectivity index (χ1v) is 7.58. The molecule has 7 nitrogen and oxygen atoms in total. The summed E-state index contributed by atoms with van der Waals surface area (Å²) in [6.45, 7) is 3.79. The SMILES string of the molecule is CCCn1c(N)c(N2CC3CCC(O)C3C2)c(=O)[nH]c1=O. The van der Waals surface area contributed by atoms with Gasteiger partial charge >= 0.3 is 5.69 Å². The topological polar surface area (TPSA) is 104 Å². The van der Waals surface area contributed by atoms with E-state index in [1.807, 2.05) is 11.8 Å². The van der Waals surface area contributed by atoms with Crippen LogP contribution in [0.4, 0.5) is 11.5 Å². The first-order valence-electron chi connectivity index (χ1n) is 7.58. The summed E-state index contributed by atoms with van der Waals surface area (Å²) in [4.78, 5) is 28.3. The molecule has 2 aliphatic rings. The van der Waals surface area contributed by atoms with Crippen molar-refractivity contribution >= 4 is 11.5 Å². The van der Waals surface area contributed by atoms with Crippen LogP contribution in [-0.4, -0.2) is 33.9 Å². The second-order valence-corrected chi connectivity index (χ2v) is 6.12. The number of anilines is 2. The molecule has 21 heavy (non-hydrogen) atoms. The number of H-pyrrole nitrogens is 1. The maximum Gasteiger partial charge on any atom is 0.330 e. The molecule has 0 radical (unpaired) electrons. The molecule has 0 aromatic carbocycles. The van der Waals surface area contributed by atoms with Gasteiger partial charge in [0, 0.05) is 25.6 Å². The number of hydrogen-bond acceptors (Lipinski definition) is 5. The summed E-state index contributed by atoms with van der Waals surface area (Å²) < 4.78 is 1.42. The van der Waals surface area contributed by atoms with Crippen molar-refractivity contribution in [1.82, 2.24) is 9.55 Å². The Morgan fingerprint density at radius 3 is 2.76 bits per heavy atom. The van der Waals surface area contributed by atoms with Crippen LogP contribution in [0.25, 0.3) is 0 Å². The normalized spacial score (nSPS) is 28.1. The highest BCUT2D eigenvalue weighted by molar-refractivity contribution is 5.63. The Hall–Kier alpha value is -1.76. The highest BCUT2D eigenvalue weighted by atomic mass is 16.3. The van der Waals surface area contributed by atoms with E-state index >= 15 is 0 Å². The highest BCUT2D eigenvalue weighted by Gasteiger charge is 2.43. The number of aliphatic hydroxyl groups is 1. The Labute approximate surface area is 122 Å². The van der Waals surface area contributed by atoms with Crippen LogP contribution >= 0.6 is 0 Å². The summed E-state index contributed by atoms with van der Waals surface area (Å²) in [6, 6.07) is 0. The van der Waals surface area contributed by atoms with E-state index in [1.54, 1.807) is 0 Å². The third kappa shape index (κ3) is 2.25. The van der Waals surface area contributed by atoms with E-state index in [-0.39, 0.29) is 17.8 Å². The molecule has 116 valence electrons. The Morgan fingerprint density at radius 2 is 2.10 bits per heavy atom. The molecule has 4 N–H and O–H groups in total. The van der Waals surface area contributed by atoms with Crippen LogP contribution in [0.1, 0.15) is 26.2 Å². The number of aromatic amines is 1. The molecule has 2 fully saturated rings. The van der Waals surface area contributed by atoms with Gasteiger partial charge in [-0.1, -0.05) is 6.92 Å². The smallest absolute Gasteiger partial charge is 0.330 e. The fraction of sp³-hybridized carbons (Fsp3) is 0.714. The number of fused-ring (bicyclic) bond motifs is 1. The van der Waals surface area contributed by atoms with E-state index < -0.39 is 11.2 Å². The van der Waals surface area contributed by atoms with Crippen molar-refractivity contribution in [1.29, 1.82) is 0 Å². The van der Waals surface area contributed by atoms with Gasteiger partial charge < -0.3 is 15.7 Å². The Bertz CT molecular complexity index is 651. The molecule has 1 aromatic heterocycles. The average molecular weight is 294 g/mol. The molecule has 3 atom stereocenters. The van der Waals surface area contributed by atoms with Crippen molar-refractivity contribution in [3.05, 3.63) is 20.8 Å². The number of nitrogen functional groups attached to an aromatic ring is 1. The molecular formula is C14H22N4O3. The van der Waals surface area contributed by atoms with Gasteiger partial charge in [0.2, 0.25) is 0 Å². The van der Waals surface area contributed by atoms with Gasteiger partial charge in [-0.25, -0.2) is 4.79 Å². The second kappa shape index (κ2) is 5.22. The Kier molecular flexibility index (Phi) is 3.52. The lowest BCUT2D eigenvalue weighted by Crippen LogP contribution is -2.38. The summed E-state index contributed by atoms with van der Waals surface area (Å²) in [6.07, 6.45) is 2.29. The molecule has 2 heterocycles. The van der Waals surface area contributed by atoms with Crippen LogP contribution in [0.2, 0.25) is 0 Å². The van der Waals surface area contributed by atoms with Crippen LogP contribution in [0.3, 0.4) is 0 Å². The molecule has 1 aliphatic heterocycles. The molecule has 3 rings (SSSR count). The van der Waals surface area contributed by atoms with Crippen molar-refractivity contribution in [3.8, 4) is 0 Å². The zero-order valence-electron chi connectivity index (χ0n) is 12.2. The van der Waals surface area contributed by atoms with Crippen LogP contribution in [0.5, 0.6) is 0 Å². The van der Waals surface area contributed by atoms with E-state index in [9.17, 15) is 14.7 Å². The molecule has 0 amide bonds. The highest BCUT2D eigenvalue weighted by Crippen LogP contribution is 2.39. The molecule has 1 aromatic rings. The predicted molar refractivity (Wildman–Crippen MR) is 80.5 cm³/mol. The first-order chi connectivity index (χ1) is 10.0. The predicted octanol–water partition coefficient (Wildman–Crippen LogP) is -0.264. The van der Waals surface area contributed by atoms with Gasteiger partial charge in [-0.05, 0) is 25.2 Å². The minimum absolute atomic E-state index is 0.204. The number of rotatable bonds is 3. The van der Waals surface area contributed by atoms with Crippen molar-refractivity contribution in [2.24, 2.45) is 11.8 Å². The summed E-state index contributed by atoms with van der Waals surface area (Å²) in [5.41, 5.74) is 5.57. The van der Waals surface area contributed by atoms with Gasteiger partial charge in [0.25, 0.3) is 5.56 Å². The van der Waals surface area contributed by atoms with Gasteiger partial charge in [-0.15, -0.1) is 0 Å². The lowest BCUT2D eigenvalue weighted by molar-refractivity contribution is 0.133. The van der Waals surface area contributed by atoms with Crippen molar-refractivity contribution in [3.63, 3.8) is 0 Å². The van der Waals surface area contributed by atoms with E-state index in [2.05, 4.69) is 4.98 Å². The number of nitrogens with one attached hydrogen (secondary N) is 1.